The Kier molecular flexibility index (Phi) is 6.36. The van der Waals surface area contributed by atoms with Crippen molar-refractivity contribution in [1.29, 1.82) is 0 Å². The van der Waals surface area contributed by atoms with E-state index in [-0.39, 0.29) is 17.7 Å². The Hall–Kier alpha value is -1.55. The fourth-order valence-electron chi connectivity index (χ4n) is 1.90. The van der Waals surface area contributed by atoms with Gasteiger partial charge in [0.05, 0.1) is 0 Å². The first-order chi connectivity index (χ1) is 9.08. The fourth-order valence-corrected chi connectivity index (χ4v) is 1.90. The Morgan fingerprint density at radius 2 is 2.05 bits per heavy atom. The first-order valence-electron chi connectivity index (χ1n) is 6.94. The highest BCUT2D eigenvalue weighted by molar-refractivity contribution is 5.90. The minimum absolute atomic E-state index is 0.00769. The summed E-state index contributed by atoms with van der Waals surface area (Å²) >= 11 is 0. The molecular weight excluding hydrogens is 240 g/mol. The number of phenols is 1. The van der Waals surface area contributed by atoms with E-state index >= 15 is 0 Å². The van der Waals surface area contributed by atoms with E-state index in [0.717, 1.165) is 30.6 Å². The second-order valence-electron chi connectivity index (χ2n) is 4.75. The SMILES string of the molecule is CCCNC(C)c1cc(NC(=O)CCC)ccc1O. The number of benzene rings is 1. The molecule has 0 aliphatic carbocycles. The highest BCUT2D eigenvalue weighted by Gasteiger charge is 2.11. The number of nitrogens with one attached hydrogen (secondary N) is 2. The monoisotopic (exact) mass is 264 g/mol. The first-order valence-corrected chi connectivity index (χ1v) is 6.94. The molecule has 0 fully saturated rings. The highest BCUT2D eigenvalue weighted by Crippen LogP contribution is 2.27. The largest absolute Gasteiger partial charge is 0.508 e. The second-order valence-corrected chi connectivity index (χ2v) is 4.75. The topological polar surface area (TPSA) is 61.4 Å². The average Bonchev–Trinajstić information content (AvgIpc) is 2.38. The molecule has 1 atom stereocenters. The summed E-state index contributed by atoms with van der Waals surface area (Å²) in [6.07, 6.45) is 2.38. The number of hydrogen-bond acceptors (Lipinski definition) is 3. The summed E-state index contributed by atoms with van der Waals surface area (Å²) in [5.41, 5.74) is 1.54. The van der Waals surface area contributed by atoms with Crippen LogP contribution in [0.3, 0.4) is 0 Å². The van der Waals surface area contributed by atoms with Crippen LogP contribution in [0.15, 0.2) is 18.2 Å². The molecular formula is C15H24N2O2. The second kappa shape index (κ2) is 7.79. The summed E-state index contributed by atoms with van der Waals surface area (Å²) in [5, 5.41) is 16.1. The Labute approximate surface area is 115 Å². The first kappa shape index (κ1) is 15.5. The zero-order valence-corrected chi connectivity index (χ0v) is 12.0. The molecule has 1 unspecified atom stereocenters. The van der Waals surface area contributed by atoms with Crippen molar-refractivity contribution >= 4 is 11.6 Å². The number of aromatic hydroxyl groups is 1. The van der Waals surface area contributed by atoms with E-state index in [1.54, 1.807) is 12.1 Å². The van der Waals surface area contributed by atoms with Gasteiger partial charge in [-0.25, -0.2) is 0 Å². The van der Waals surface area contributed by atoms with Crippen LogP contribution in [-0.4, -0.2) is 17.6 Å². The maximum Gasteiger partial charge on any atom is 0.224 e. The lowest BCUT2D eigenvalue weighted by Crippen LogP contribution is -2.19. The molecule has 0 aliphatic rings. The van der Waals surface area contributed by atoms with Crippen LogP contribution in [-0.2, 0) is 4.79 Å². The lowest BCUT2D eigenvalue weighted by atomic mass is 10.1. The third kappa shape index (κ3) is 4.91. The molecule has 0 spiro atoms. The molecule has 0 heterocycles. The van der Waals surface area contributed by atoms with Gasteiger partial charge in [0.2, 0.25) is 5.91 Å². The summed E-state index contributed by atoms with van der Waals surface area (Å²) in [7, 11) is 0. The Morgan fingerprint density at radius 3 is 2.68 bits per heavy atom. The van der Waals surface area contributed by atoms with Crippen molar-refractivity contribution in [2.45, 2.75) is 46.1 Å². The minimum atomic E-state index is 0.00769. The fraction of sp³-hybridized carbons (Fsp3) is 0.533. The zero-order chi connectivity index (χ0) is 14.3. The highest BCUT2D eigenvalue weighted by atomic mass is 16.3. The Morgan fingerprint density at radius 1 is 1.32 bits per heavy atom. The van der Waals surface area contributed by atoms with Gasteiger partial charge in [-0.05, 0) is 44.5 Å². The van der Waals surface area contributed by atoms with Crippen molar-refractivity contribution in [3.63, 3.8) is 0 Å². The molecule has 0 saturated heterocycles. The molecule has 19 heavy (non-hydrogen) atoms. The number of anilines is 1. The number of phenolic OH excluding ortho intramolecular Hbond substituents is 1. The molecule has 1 aromatic carbocycles. The van der Waals surface area contributed by atoms with Crippen molar-refractivity contribution in [2.75, 3.05) is 11.9 Å². The standard InChI is InChI=1S/C15H24N2O2/c1-4-6-15(19)17-12-7-8-14(18)13(10-12)11(3)16-9-5-2/h7-8,10-11,16,18H,4-6,9H2,1-3H3,(H,17,19). The van der Waals surface area contributed by atoms with Gasteiger partial charge in [0.15, 0.2) is 0 Å². The summed E-state index contributed by atoms with van der Waals surface area (Å²) in [5.74, 6) is 0.262. The minimum Gasteiger partial charge on any atom is -0.508 e. The van der Waals surface area contributed by atoms with Gasteiger partial charge in [-0.3, -0.25) is 4.79 Å². The smallest absolute Gasteiger partial charge is 0.224 e. The zero-order valence-electron chi connectivity index (χ0n) is 12.0. The third-order valence-corrected chi connectivity index (χ3v) is 2.96. The van der Waals surface area contributed by atoms with E-state index in [4.69, 9.17) is 0 Å². The van der Waals surface area contributed by atoms with Gasteiger partial charge in [-0.2, -0.15) is 0 Å². The molecule has 1 amide bonds. The van der Waals surface area contributed by atoms with Crippen molar-refractivity contribution < 1.29 is 9.90 Å². The van der Waals surface area contributed by atoms with Crippen molar-refractivity contribution in [3.8, 4) is 5.75 Å². The van der Waals surface area contributed by atoms with Crippen molar-refractivity contribution in [1.82, 2.24) is 5.32 Å². The Bertz CT molecular complexity index is 419. The third-order valence-electron chi connectivity index (χ3n) is 2.96. The molecule has 3 N–H and O–H groups in total. The molecule has 0 radical (unpaired) electrons. The predicted molar refractivity (Wildman–Crippen MR) is 78.4 cm³/mol. The lowest BCUT2D eigenvalue weighted by Gasteiger charge is -2.16. The molecule has 106 valence electrons. The van der Waals surface area contributed by atoms with E-state index < -0.39 is 0 Å². The number of carbonyl (C=O) groups excluding carboxylic acids is 1. The predicted octanol–water partition coefficient (Wildman–Crippen LogP) is 3.19. The molecule has 0 aromatic heterocycles. The average molecular weight is 264 g/mol. The molecule has 4 heteroatoms. The van der Waals surface area contributed by atoms with Crippen LogP contribution >= 0.6 is 0 Å². The number of hydrogen-bond donors (Lipinski definition) is 3. The van der Waals surface area contributed by atoms with Crippen molar-refractivity contribution in [3.05, 3.63) is 23.8 Å². The van der Waals surface area contributed by atoms with Gasteiger partial charge >= 0.3 is 0 Å². The number of amides is 1. The maximum absolute atomic E-state index is 11.6. The molecule has 0 bridgehead atoms. The maximum atomic E-state index is 11.6. The number of rotatable bonds is 7. The van der Waals surface area contributed by atoms with E-state index in [1.165, 1.54) is 0 Å². The van der Waals surface area contributed by atoms with Crippen LogP contribution in [0.4, 0.5) is 5.69 Å². The Balaban J connectivity index is 2.78. The van der Waals surface area contributed by atoms with Gasteiger partial charge in [0, 0.05) is 23.7 Å². The molecule has 0 aliphatic heterocycles. The van der Waals surface area contributed by atoms with Gasteiger partial charge in [-0.15, -0.1) is 0 Å². The number of carbonyl (C=O) groups is 1. The quantitative estimate of drug-likeness (QED) is 0.663. The molecule has 0 saturated carbocycles. The van der Waals surface area contributed by atoms with E-state index in [9.17, 15) is 9.90 Å². The summed E-state index contributed by atoms with van der Waals surface area (Å²) in [6.45, 7) is 6.97. The van der Waals surface area contributed by atoms with E-state index in [0.29, 0.717) is 6.42 Å². The van der Waals surface area contributed by atoms with E-state index in [2.05, 4.69) is 17.6 Å². The van der Waals surface area contributed by atoms with Crippen LogP contribution in [0.2, 0.25) is 0 Å². The van der Waals surface area contributed by atoms with Crippen LogP contribution < -0.4 is 10.6 Å². The summed E-state index contributed by atoms with van der Waals surface area (Å²) in [4.78, 5) is 11.6. The van der Waals surface area contributed by atoms with Crippen LogP contribution in [0, 0.1) is 0 Å². The molecule has 1 rings (SSSR count). The summed E-state index contributed by atoms with van der Waals surface area (Å²) < 4.78 is 0. The van der Waals surface area contributed by atoms with Crippen LogP contribution in [0.5, 0.6) is 5.75 Å². The molecule has 4 nitrogen and oxygen atoms in total. The van der Waals surface area contributed by atoms with Gasteiger partial charge in [-0.1, -0.05) is 13.8 Å². The van der Waals surface area contributed by atoms with Crippen molar-refractivity contribution in [2.24, 2.45) is 0 Å². The van der Waals surface area contributed by atoms with E-state index in [1.807, 2.05) is 19.9 Å². The van der Waals surface area contributed by atoms with Crippen LogP contribution in [0.25, 0.3) is 0 Å². The molecule has 1 aromatic rings. The van der Waals surface area contributed by atoms with Gasteiger partial charge in [0.1, 0.15) is 5.75 Å². The van der Waals surface area contributed by atoms with Gasteiger partial charge in [0.25, 0.3) is 0 Å². The summed E-state index contributed by atoms with van der Waals surface area (Å²) in [6, 6.07) is 5.24. The van der Waals surface area contributed by atoms with Gasteiger partial charge < -0.3 is 15.7 Å². The van der Waals surface area contributed by atoms with Crippen LogP contribution in [0.1, 0.15) is 51.6 Å². The normalized spacial score (nSPS) is 12.2. The lowest BCUT2D eigenvalue weighted by molar-refractivity contribution is -0.116.